The molecule has 1 saturated carbocycles. The Morgan fingerprint density at radius 1 is 1.35 bits per heavy atom. The van der Waals surface area contributed by atoms with Crippen LogP contribution in [0.25, 0.3) is 0 Å². The normalized spacial score (nSPS) is 38.1. The third-order valence-corrected chi connectivity index (χ3v) is 5.60. The SMILES string of the molecule is CN1C[C@]2(COCC1=O)CN(C(=O)C1CC(O)C1)C[C@H]2N(C)C. The molecule has 0 radical (unpaired) electrons. The molecular formula is C16H27N3O4. The minimum Gasteiger partial charge on any atom is -0.393 e. The fourth-order valence-corrected chi connectivity index (χ4v) is 4.23. The van der Waals surface area contributed by atoms with Crippen LogP contribution >= 0.6 is 0 Å². The molecule has 130 valence electrons. The van der Waals surface area contributed by atoms with E-state index in [0.717, 1.165) is 0 Å². The Hall–Kier alpha value is -1.18. The molecule has 1 N–H and O–H groups in total. The fourth-order valence-electron chi connectivity index (χ4n) is 4.23. The first-order chi connectivity index (χ1) is 10.8. The number of hydrogen-bond donors (Lipinski definition) is 1. The van der Waals surface area contributed by atoms with Gasteiger partial charge in [-0.15, -0.1) is 0 Å². The van der Waals surface area contributed by atoms with Crippen molar-refractivity contribution in [2.45, 2.75) is 25.0 Å². The van der Waals surface area contributed by atoms with Gasteiger partial charge >= 0.3 is 0 Å². The Morgan fingerprint density at radius 3 is 2.65 bits per heavy atom. The molecular weight excluding hydrogens is 298 g/mol. The molecule has 0 aromatic carbocycles. The van der Waals surface area contributed by atoms with Crippen molar-refractivity contribution in [2.24, 2.45) is 11.3 Å². The molecule has 0 unspecified atom stereocenters. The first-order valence-corrected chi connectivity index (χ1v) is 8.27. The van der Waals surface area contributed by atoms with Gasteiger partial charge in [0.05, 0.1) is 12.7 Å². The van der Waals surface area contributed by atoms with Gasteiger partial charge < -0.3 is 24.5 Å². The Morgan fingerprint density at radius 2 is 2.04 bits per heavy atom. The van der Waals surface area contributed by atoms with Crippen molar-refractivity contribution in [3.63, 3.8) is 0 Å². The van der Waals surface area contributed by atoms with E-state index in [9.17, 15) is 14.7 Å². The van der Waals surface area contributed by atoms with E-state index in [4.69, 9.17) is 4.74 Å². The van der Waals surface area contributed by atoms with Gasteiger partial charge in [-0.25, -0.2) is 0 Å². The molecule has 3 aliphatic rings. The van der Waals surface area contributed by atoms with E-state index in [1.165, 1.54) is 0 Å². The minimum absolute atomic E-state index is 0.00808. The maximum atomic E-state index is 12.7. The van der Waals surface area contributed by atoms with Crippen LogP contribution in [0, 0.1) is 11.3 Å². The van der Waals surface area contributed by atoms with Gasteiger partial charge in [-0.3, -0.25) is 9.59 Å². The molecule has 0 aromatic heterocycles. The van der Waals surface area contributed by atoms with E-state index in [2.05, 4.69) is 4.90 Å². The summed E-state index contributed by atoms with van der Waals surface area (Å²) >= 11 is 0. The number of aliphatic hydroxyl groups excluding tert-OH is 1. The molecule has 2 heterocycles. The maximum Gasteiger partial charge on any atom is 0.248 e. The predicted molar refractivity (Wildman–Crippen MR) is 83.7 cm³/mol. The van der Waals surface area contributed by atoms with Crippen molar-refractivity contribution in [3.05, 3.63) is 0 Å². The molecule has 1 aliphatic carbocycles. The Balaban J connectivity index is 1.78. The molecule has 7 heteroatoms. The van der Waals surface area contributed by atoms with Crippen molar-refractivity contribution >= 4 is 11.8 Å². The van der Waals surface area contributed by atoms with Gasteiger partial charge in [-0.2, -0.15) is 0 Å². The third kappa shape index (κ3) is 2.97. The first kappa shape index (κ1) is 16.7. The standard InChI is InChI=1S/C16H27N3O4/c1-17(2)13-6-19(15(22)11-4-12(20)5-11)9-16(13)8-18(3)14(21)7-23-10-16/h11-13,20H,4-10H2,1-3H3/t11?,12?,13-,16-/m1/s1. The van der Waals surface area contributed by atoms with Gasteiger partial charge in [-0.05, 0) is 26.9 Å². The summed E-state index contributed by atoms with van der Waals surface area (Å²) in [5, 5.41) is 9.45. The van der Waals surface area contributed by atoms with Crippen molar-refractivity contribution in [1.29, 1.82) is 0 Å². The number of carbonyl (C=O) groups excluding carboxylic acids is 2. The molecule has 1 spiro atoms. The van der Waals surface area contributed by atoms with E-state index in [0.29, 0.717) is 39.1 Å². The van der Waals surface area contributed by atoms with E-state index in [1.807, 2.05) is 19.0 Å². The van der Waals surface area contributed by atoms with Crippen LogP contribution in [0.2, 0.25) is 0 Å². The second-order valence-corrected chi connectivity index (χ2v) is 7.63. The zero-order valence-electron chi connectivity index (χ0n) is 14.2. The summed E-state index contributed by atoms with van der Waals surface area (Å²) in [5.74, 6) is 0.0811. The van der Waals surface area contributed by atoms with Gasteiger partial charge in [0.15, 0.2) is 0 Å². The Bertz CT molecular complexity index is 492. The second-order valence-electron chi connectivity index (χ2n) is 7.63. The molecule has 23 heavy (non-hydrogen) atoms. The lowest BCUT2D eigenvalue weighted by Crippen LogP contribution is -2.51. The monoisotopic (exact) mass is 325 g/mol. The lowest BCUT2D eigenvalue weighted by molar-refractivity contribution is -0.141. The van der Waals surface area contributed by atoms with Gasteiger partial charge in [0.2, 0.25) is 11.8 Å². The maximum absolute atomic E-state index is 12.7. The van der Waals surface area contributed by atoms with E-state index in [1.54, 1.807) is 11.9 Å². The molecule has 2 amide bonds. The number of carbonyl (C=O) groups is 2. The predicted octanol–water partition coefficient (Wildman–Crippen LogP) is -0.995. The summed E-state index contributed by atoms with van der Waals surface area (Å²) in [6.07, 6.45) is 0.823. The number of likely N-dealkylation sites (N-methyl/N-ethyl adjacent to an activating group) is 2. The largest absolute Gasteiger partial charge is 0.393 e. The van der Waals surface area contributed by atoms with E-state index >= 15 is 0 Å². The molecule has 0 bridgehead atoms. The van der Waals surface area contributed by atoms with Crippen molar-refractivity contribution < 1.29 is 19.4 Å². The zero-order chi connectivity index (χ0) is 16.8. The number of nitrogens with zero attached hydrogens (tertiary/aromatic N) is 3. The summed E-state index contributed by atoms with van der Waals surface area (Å²) in [6.45, 7) is 2.47. The molecule has 3 rings (SSSR count). The molecule has 2 aliphatic heterocycles. The second kappa shape index (κ2) is 6.03. The summed E-state index contributed by atoms with van der Waals surface area (Å²) in [4.78, 5) is 30.4. The quantitative estimate of drug-likeness (QED) is 0.705. The zero-order valence-corrected chi connectivity index (χ0v) is 14.2. The number of ether oxygens (including phenoxy) is 1. The summed E-state index contributed by atoms with van der Waals surface area (Å²) < 4.78 is 5.65. The summed E-state index contributed by atoms with van der Waals surface area (Å²) in [5.41, 5.74) is -0.248. The lowest BCUT2D eigenvalue weighted by atomic mass is 9.81. The van der Waals surface area contributed by atoms with Crippen molar-refractivity contribution in [3.8, 4) is 0 Å². The van der Waals surface area contributed by atoms with E-state index < -0.39 is 0 Å². The fraction of sp³-hybridized carbons (Fsp3) is 0.875. The highest BCUT2D eigenvalue weighted by molar-refractivity contribution is 5.80. The number of hydrogen-bond acceptors (Lipinski definition) is 5. The van der Waals surface area contributed by atoms with Gasteiger partial charge in [-0.1, -0.05) is 0 Å². The smallest absolute Gasteiger partial charge is 0.248 e. The summed E-state index contributed by atoms with van der Waals surface area (Å²) in [7, 11) is 5.83. The first-order valence-electron chi connectivity index (χ1n) is 8.27. The molecule has 2 atom stereocenters. The average molecular weight is 325 g/mol. The lowest BCUT2D eigenvalue weighted by Gasteiger charge is -2.38. The molecule has 2 saturated heterocycles. The van der Waals surface area contributed by atoms with Crippen LogP contribution in [-0.4, -0.2) is 97.8 Å². The van der Waals surface area contributed by atoms with Crippen molar-refractivity contribution in [1.82, 2.24) is 14.7 Å². The number of rotatable bonds is 2. The topological polar surface area (TPSA) is 73.3 Å². The van der Waals surface area contributed by atoms with Crippen LogP contribution in [-0.2, 0) is 14.3 Å². The molecule has 0 aromatic rings. The Kier molecular flexibility index (Phi) is 4.37. The average Bonchev–Trinajstić information content (AvgIpc) is 2.75. The Labute approximate surface area is 137 Å². The third-order valence-electron chi connectivity index (χ3n) is 5.60. The highest BCUT2D eigenvalue weighted by atomic mass is 16.5. The minimum atomic E-state index is -0.324. The van der Waals surface area contributed by atoms with Crippen LogP contribution in [0.1, 0.15) is 12.8 Å². The van der Waals surface area contributed by atoms with Gasteiger partial charge in [0, 0.05) is 44.1 Å². The van der Waals surface area contributed by atoms with Crippen LogP contribution in [0.4, 0.5) is 0 Å². The highest BCUT2D eigenvalue weighted by Gasteiger charge is 2.52. The van der Waals surface area contributed by atoms with Crippen molar-refractivity contribution in [2.75, 3.05) is 54.0 Å². The molecule has 7 nitrogen and oxygen atoms in total. The van der Waals surface area contributed by atoms with Crippen LogP contribution in [0.15, 0.2) is 0 Å². The van der Waals surface area contributed by atoms with E-state index in [-0.39, 0.29) is 41.9 Å². The van der Waals surface area contributed by atoms with Gasteiger partial charge in [0.25, 0.3) is 0 Å². The highest BCUT2D eigenvalue weighted by Crippen LogP contribution is 2.38. The summed E-state index contributed by atoms with van der Waals surface area (Å²) in [6, 6.07) is 0.157. The van der Waals surface area contributed by atoms with Crippen LogP contribution in [0.3, 0.4) is 0 Å². The number of aliphatic hydroxyl groups is 1. The number of likely N-dealkylation sites (tertiary alicyclic amines) is 1. The molecule has 3 fully saturated rings. The number of amides is 2. The van der Waals surface area contributed by atoms with Gasteiger partial charge in [0.1, 0.15) is 6.61 Å². The van der Waals surface area contributed by atoms with Crippen LogP contribution < -0.4 is 0 Å². The van der Waals surface area contributed by atoms with Crippen LogP contribution in [0.5, 0.6) is 0 Å².